The molecule has 112 valence electrons. The number of halogens is 4. The summed E-state index contributed by atoms with van der Waals surface area (Å²) in [7, 11) is 0. The number of aliphatic hydroxyl groups is 1. The van der Waals surface area contributed by atoms with E-state index in [9.17, 15) is 13.2 Å². The molecule has 4 N–H and O–H groups in total. The lowest BCUT2D eigenvalue weighted by atomic mass is 10.2. The average molecular weight is 313 g/mol. The van der Waals surface area contributed by atoms with E-state index in [1.807, 2.05) is 0 Å². The van der Waals surface area contributed by atoms with Gasteiger partial charge in [0.05, 0.1) is 11.6 Å². The number of aromatic nitrogens is 1. The molecule has 6 nitrogen and oxygen atoms in total. The lowest BCUT2D eigenvalue weighted by Crippen LogP contribution is -2.37. The molecule has 1 heterocycles. The normalized spacial score (nSPS) is 12.6. The molecule has 0 unspecified atom stereocenters. The van der Waals surface area contributed by atoms with Crippen LogP contribution < -0.4 is 10.6 Å². The number of hydrogen-bond donors (Lipinski definition) is 3. The van der Waals surface area contributed by atoms with Crippen molar-refractivity contribution in [2.45, 2.75) is 6.18 Å². The summed E-state index contributed by atoms with van der Waals surface area (Å²) in [6.07, 6.45) is -3.32. The van der Waals surface area contributed by atoms with Gasteiger partial charge < -0.3 is 20.9 Å². The van der Waals surface area contributed by atoms with E-state index in [0.717, 1.165) is 4.90 Å². The van der Waals surface area contributed by atoms with Crippen LogP contribution in [0.1, 0.15) is 5.56 Å². The van der Waals surface area contributed by atoms with Crippen molar-refractivity contribution in [2.24, 2.45) is 10.9 Å². The molecule has 0 saturated carbocycles. The van der Waals surface area contributed by atoms with Gasteiger partial charge in [0.15, 0.2) is 5.84 Å². The minimum Gasteiger partial charge on any atom is -0.409 e. The Labute approximate surface area is 117 Å². The number of amidine groups is 1. The summed E-state index contributed by atoms with van der Waals surface area (Å²) in [5, 5.41) is 20.0. The number of alkyl halides is 3. The highest BCUT2D eigenvalue weighted by Crippen LogP contribution is 2.29. The summed E-state index contributed by atoms with van der Waals surface area (Å²) in [5.74, 6) is -0.559. The van der Waals surface area contributed by atoms with Crippen LogP contribution in [0.2, 0.25) is 5.02 Å². The summed E-state index contributed by atoms with van der Waals surface area (Å²) >= 11 is 5.92. The standard InChI is InChI=1S/C10H12ClF3N4O2/c11-7-6(8(15)17-20)1-2-16-9(7)18(3-4-19)5-10(12,13)14/h1-2,19-20H,3-5H2,(H2,15,17). The van der Waals surface area contributed by atoms with Gasteiger partial charge in [-0.05, 0) is 6.07 Å². The molecule has 0 amide bonds. The van der Waals surface area contributed by atoms with Crippen LogP contribution in [0.3, 0.4) is 0 Å². The molecule has 0 saturated heterocycles. The number of rotatable bonds is 5. The quantitative estimate of drug-likeness (QED) is 0.328. The van der Waals surface area contributed by atoms with E-state index in [0.29, 0.717) is 0 Å². The van der Waals surface area contributed by atoms with E-state index in [1.54, 1.807) is 0 Å². The van der Waals surface area contributed by atoms with E-state index in [2.05, 4.69) is 10.1 Å². The summed E-state index contributed by atoms with van der Waals surface area (Å²) in [4.78, 5) is 4.51. The van der Waals surface area contributed by atoms with E-state index in [1.165, 1.54) is 12.3 Å². The smallest absolute Gasteiger partial charge is 0.405 e. The number of pyridine rings is 1. The zero-order valence-electron chi connectivity index (χ0n) is 10.1. The molecular formula is C10H12ClF3N4O2. The first-order valence-corrected chi connectivity index (χ1v) is 5.73. The second-order valence-electron chi connectivity index (χ2n) is 3.74. The molecule has 0 radical (unpaired) electrons. The Bertz CT molecular complexity index is 496. The summed E-state index contributed by atoms with van der Waals surface area (Å²) in [6, 6.07) is 1.30. The van der Waals surface area contributed by atoms with Gasteiger partial charge in [-0.15, -0.1) is 0 Å². The lowest BCUT2D eigenvalue weighted by molar-refractivity contribution is -0.119. The molecule has 1 aromatic rings. The number of hydrogen-bond acceptors (Lipinski definition) is 5. The van der Waals surface area contributed by atoms with Gasteiger partial charge in [-0.25, -0.2) is 4.98 Å². The van der Waals surface area contributed by atoms with Crippen molar-refractivity contribution in [1.29, 1.82) is 0 Å². The molecule has 0 aromatic carbocycles. The Morgan fingerprint density at radius 2 is 2.15 bits per heavy atom. The number of nitrogens with two attached hydrogens (primary N) is 1. The molecule has 0 fully saturated rings. The predicted octanol–water partition coefficient (Wildman–Crippen LogP) is 1.19. The van der Waals surface area contributed by atoms with Crippen molar-refractivity contribution < 1.29 is 23.5 Å². The van der Waals surface area contributed by atoms with Crippen LogP contribution in [0.5, 0.6) is 0 Å². The number of aliphatic hydroxyl groups excluding tert-OH is 1. The predicted molar refractivity (Wildman–Crippen MR) is 67.1 cm³/mol. The fourth-order valence-electron chi connectivity index (χ4n) is 1.50. The molecular weight excluding hydrogens is 301 g/mol. The second kappa shape index (κ2) is 6.62. The van der Waals surface area contributed by atoms with Crippen LogP contribution in [-0.2, 0) is 0 Å². The Hall–Kier alpha value is -1.74. The fraction of sp³-hybridized carbons (Fsp3) is 0.400. The molecule has 1 aromatic heterocycles. The molecule has 0 aliphatic heterocycles. The highest BCUT2D eigenvalue weighted by Gasteiger charge is 2.32. The minimum absolute atomic E-state index is 0.0456. The van der Waals surface area contributed by atoms with Crippen molar-refractivity contribution in [3.8, 4) is 0 Å². The van der Waals surface area contributed by atoms with Crippen LogP contribution in [0.25, 0.3) is 0 Å². The minimum atomic E-state index is -4.49. The van der Waals surface area contributed by atoms with Crippen LogP contribution in [0, 0.1) is 0 Å². The summed E-state index contributed by atoms with van der Waals surface area (Å²) < 4.78 is 37.5. The van der Waals surface area contributed by atoms with Crippen molar-refractivity contribution in [1.82, 2.24) is 4.98 Å². The maximum Gasteiger partial charge on any atom is 0.405 e. The Morgan fingerprint density at radius 1 is 1.50 bits per heavy atom. The van der Waals surface area contributed by atoms with Gasteiger partial charge in [-0.1, -0.05) is 16.8 Å². The molecule has 0 aliphatic carbocycles. The van der Waals surface area contributed by atoms with Gasteiger partial charge >= 0.3 is 6.18 Å². The van der Waals surface area contributed by atoms with Crippen LogP contribution in [0.15, 0.2) is 17.4 Å². The van der Waals surface area contributed by atoms with E-state index < -0.39 is 19.3 Å². The van der Waals surface area contributed by atoms with Crippen LogP contribution in [-0.4, -0.2) is 47.0 Å². The SMILES string of the molecule is N/C(=N/O)c1ccnc(N(CCO)CC(F)(F)F)c1Cl. The molecule has 0 bridgehead atoms. The van der Waals surface area contributed by atoms with Gasteiger partial charge in [-0.2, -0.15) is 13.2 Å². The molecule has 0 aliphatic rings. The zero-order chi connectivity index (χ0) is 15.3. The number of oxime groups is 1. The molecule has 0 atom stereocenters. The van der Waals surface area contributed by atoms with Crippen molar-refractivity contribution in [3.63, 3.8) is 0 Å². The third kappa shape index (κ3) is 4.14. The summed E-state index contributed by atoms with van der Waals surface area (Å²) in [5.41, 5.74) is 5.41. The average Bonchev–Trinajstić information content (AvgIpc) is 2.36. The van der Waals surface area contributed by atoms with Crippen molar-refractivity contribution in [2.75, 3.05) is 24.6 Å². The second-order valence-corrected chi connectivity index (χ2v) is 4.12. The van der Waals surface area contributed by atoms with Crippen LogP contribution >= 0.6 is 11.6 Å². The third-order valence-corrected chi connectivity index (χ3v) is 2.67. The third-order valence-electron chi connectivity index (χ3n) is 2.29. The van der Waals surface area contributed by atoms with Crippen molar-refractivity contribution in [3.05, 3.63) is 22.8 Å². The van der Waals surface area contributed by atoms with Crippen LogP contribution in [0.4, 0.5) is 19.0 Å². The van der Waals surface area contributed by atoms with Gasteiger partial charge in [0, 0.05) is 18.3 Å². The lowest BCUT2D eigenvalue weighted by Gasteiger charge is -2.25. The molecule has 20 heavy (non-hydrogen) atoms. The monoisotopic (exact) mass is 312 g/mol. The van der Waals surface area contributed by atoms with Gasteiger partial charge in [0.2, 0.25) is 0 Å². The fourth-order valence-corrected chi connectivity index (χ4v) is 1.83. The molecule has 0 spiro atoms. The molecule has 1 rings (SSSR count). The largest absolute Gasteiger partial charge is 0.409 e. The van der Waals surface area contributed by atoms with Gasteiger partial charge in [0.25, 0.3) is 0 Å². The Balaban J connectivity index is 3.20. The van der Waals surface area contributed by atoms with Crippen molar-refractivity contribution >= 4 is 23.3 Å². The van der Waals surface area contributed by atoms with Gasteiger partial charge in [-0.3, -0.25) is 0 Å². The Kier molecular flexibility index (Phi) is 5.40. The zero-order valence-corrected chi connectivity index (χ0v) is 10.9. The highest BCUT2D eigenvalue weighted by atomic mass is 35.5. The van der Waals surface area contributed by atoms with E-state index in [-0.39, 0.29) is 28.8 Å². The van der Waals surface area contributed by atoms with E-state index in [4.69, 9.17) is 27.6 Å². The van der Waals surface area contributed by atoms with E-state index >= 15 is 0 Å². The summed E-state index contributed by atoms with van der Waals surface area (Å²) in [6.45, 7) is -2.16. The first-order chi connectivity index (χ1) is 9.30. The maximum atomic E-state index is 12.5. The number of nitrogens with zero attached hydrogens (tertiary/aromatic N) is 3. The highest BCUT2D eigenvalue weighted by molar-refractivity contribution is 6.36. The topological polar surface area (TPSA) is 95.0 Å². The first kappa shape index (κ1) is 16.3. The van der Waals surface area contributed by atoms with Gasteiger partial charge in [0.1, 0.15) is 12.4 Å². The first-order valence-electron chi connectivity index (χ1n) is 5.35. The maximum absolute atomic E-state index is 12.5. The molecule has 10 heteroatoms. The Morgan fingerprint density at radius 3 is 2.65 bits per heavy atom. The number of anilines is 1.